The number of aromatic amines is 1. The molecule has 2 aliphatic heterocycles. The number of fused-ring (bicyclic) bond motifs is 2. The van der Waals surface area contributed by atoms with Crippen molar-refractivity contribution in [2.24, 2.45) is 0 Å². The minimum Gasteiger partial charge on any atom is -0.387 e. The van der Waals surface area contributed by atoms with Gasteiger partial charge in [0, 0.05) is 7.11 Å². The summed E-state index contributed by atoms with van der Waals surface area (Å²) in [6.45, 7) is -2.00. The quantitative estimate of drug-likeness (QED) is 0.0533. The molecule has 0 saturated carbocycles. The van der Waals surface area contributed by atoms with Crippen molar-refractivity contribution in [3.05, 3.63) is 29.3 Å². The zero-order chi connectivity index (χ0) is 40.2. The highest BCUT2D eigenvalue weighted by molar-refractivity contribution is 7.66. The van der Waals surface area contributed by atoms with Crippen molar-refractivity contribution in [3.63, 3.8) is 0 Å². The first-order valence-electron chi connectivity index (χ1n) is 15.0. The van der Waals surface area contributed by atoms with Crippen LogP contribution < -0.4 is 22.1 Å². The third-order valence-electron chi connectivity index (χ3n) is 7.89. The Hall–Kier alpha value is -3.18. The summed E-state index contributed by atoms with van der Waals surface area (Å²) in [6.07, 6.45) is -7.36. The van der Waals surface area contributed by atoms with Gasteiger partial charge in [-0.15, -0.1) is 0 Å². The predicted molar refractivity (Wildman–Crippen MR) is 175 cm³/mol. The maximum absolute atomic E-state index is 13.5. The largest absolute Gasteiger partial charge is 0.490 e. The zero-order valence-corrected chi connectivity index (χ0v) is 30.9. The van der Waals surface area contributed by atoms with Gasteiger partial charge in [-0.3, -0.25) is 28.0 Å². The molecule has 304 valence electrons. The molecule has 2 fully saturated rings. The standard InChI is InChI=1S/C21H31N11O19P4/c1-45-14-9(30-52(36,37)46-3-8-12(33)13(34)19(49-8)32-6-27-11-17(32)28-21(23)29-18(11)35)7(2-47-54(41,42)51-55(43,44)50-53(38,39)40)48-20(14)31-5-26-10-15(22)24-4-25-16(10)31/h4-9,12-14,19-20,33-34H,2-3H2,1H3,(H,41,42)(H,43,44)(H2,22,24,25)(H2,30,36,37)(H2,38,39,40)(H3,23,28,29,35)/t7?,8-,9?,12-,13-,14-,19-,20-/m1/s1. The van der Waals surface area contributed by atoms with Gasteiger partial charge in [-0.2, -0.15) is 13.6 Å². The topological polar surface area (TPSA) is 446 Å². The van der Waals surface area contributed by atoms with Crippen molar-refractivity contribution >= 4 is 65.3 Å². The van der Waals surface area contributed by atoms with E-state index in [4.69, 9.17) is 44.5 Å². The fraction of sp³-hybridized carbons (Fsp3) is 0.524. The molecule has 0 amide bonds. The molecule has 55 heavy (non-hydrogen) atoms. The van der Waals surface area contributed by atoms with Crippen LogP contribution in [0, 0.1) is 0 Å². The normalized spacial score (nSPS) is 29.4. The van der Waals surface area contributed by atoms with Gasteiger partial charge in [0.25, 0.3) is 5.56 Å². The van der Waals surface area contributed by atoms with Gasteiger partial charge in [-0.05, 0) is 0 Å². The van der Waals surface area contributed by atoms with Gasteiger partial charge < -0.3 is 60.4 Å². The van der Waals surface area contributed by atoms with Gasteiger partial charge in [0.1, 0.15) is 42.4 Å². The number of aromatic nitrogens is 8. The molecule has 13 N–H and O–H groups in total. The van der Waals surface area contributed by atoms with Crippen LogP contribution >= 0.6 is 31.2 Å². The number of hydrogen-bond donors (Lipinski definition) is 11. The van der Waals surface area contributed by atoms with Crippen molar-refractivity contribution in [2.45, 2.75) is 49.0 Å². The summed E-state index contributed by atoms with van der Waals surface area (Å²) in [5.41, 5.74) is 10.7. The lowest BCUT2D eigenvalue weighted by molar-refractivity contribution is -0.0577. The Morgan fingerprint density at radius 2 is 1.47 bits per heavy atom. The van der Waals surface area contributed by atoms with E-state index >= 15 is 0 Å². The van der Waals surface area contributed by atoms with Gasteiger partial charge in [0.15, 0.2) is 35.1 Å². The maximum atomic E-state index is 13.5. The number of imidazole rings is 2. The van der Waals surface area contributed by atoms with Gasteiger partial charge in [0.05, 0.1) is 31.9 Å². The summed E-state index contributed by atoms with van der Waals surface area (Å²) in [5.74, 6) is -0.326. The molecular weight excluding hydrogens is 834 g/mol. The molecule has 2 aliphatic rings. The number of nitrogen functional groups attached to an aromatic ring is 2. The molecule has 4 aromatic heterocycles. The summed E-state index contributed by atoms with van der Waals surface area (Å²) in [6, 6.07) is -1.57. The van der Waals surface area contributed by atoms with Crippen LogP contribution in [0.1, 0.15) is 12.5 Å². The Morgan fingerprint density at radius 3 is 2.15 bits per heavy atom. The Labute approximate surface area is 304 Å². The molecule has 0 bridgehead atoms. The van der Waals surface area contributed by atoms with Crippen LogP contribution in [0.3, 0.4) is 0 Å². The highest BCUT2D eigenvalue weighted by Gasteiger charge is 2.51. The minimum absolute atomic E-state index is 0.0400. The number of hydrogen-bond acceptors (Lipinski definition) is 21. The molecule has 6 heterocycles. The number of aliphatic hydroxyl groups excluding tert-OH is 2. The maximum Gasteiger partial charge on any atom is 0.490 e. The number of ether oxygens (including phenoxy) is 3. The van der Waals surface area contributed by atoms with E-state index in [0.29, 0.717) is 0 Å². The third kappa shape index (κ3) is 9.03. The van der Waals surface area contributed by atoms with Crippen LogP contribution in [0.15, 0.2) is 23.8 Å². The summed E-state index contributed by atoms with van der Waals surface area (Å²) >= 11 is 0. The SMILES string of the molecule is CO[C@@H]1C(NP(=O)(O)OC[C@H]2O[C@@H](n3cnc4c(=O)[nH]c(N)nc43)[C@H](O)[C@@H]2O)C(COP(=O)(O)OP(=O)(O)OP(=O)(O)O)O[C@H]1n1cnc2c(N)ncnc21. The number of nitrogens with two attached hydrogens (primary N) is 2. The molecule has 34 heteroatoms. The van der Waals surface area contributed by atoms with Gasteiger partial charge in [-0.1, -0.05) is 0 Å². The Balaban J connectivity index is 1.21. The van der Waals surface area contributed by atoms with E-state index in [1.165, 1.54) is 10.9 Å². The number of phosphoric ester groups is 1. The first-order valence-corrected chi connectivity index (χ1v) is 21.1. The van der Waals surface area contributed by atoms with E-state index in [-0.39, 0.29) is 34.1 Å². The lowest BCUT2D eigenvalue weighted by Gasteiger charge is -2.27. The number of anilines is 2. The number of methoxy groups -OCH3 is 1. The monoisotopic (exact) mass is 865 g/mol. The molecule has 2 saturated heterocycles. The summed E-state index contributed by atoms with van der Waals surface area (Å²) in [7, 11) is -21.3. The van der Waals surface area contributed by atoms with Gasteiger partial charge in [-0.25, -0.2) is 43.3 Å². The van der Waals surface area contributed by atoms with Gasteiger partial charge >= 0.3 is 31.2 Å². The smallest absolute Gasteiger partial charge is 0.387 e. The Bertz CT molecular complexity index is 2320. The molecular formula is C21H31N11O19P4. The van der Waals surface area contributed by atoms with Crippen molar-refractivity contribution in [1.29, 1.82) is 0 Å². The van der Waals surface area contributed by atoms with Crippen molar-refractivity contribution in [3.8, 4) is 0 Å². The Morgan fingerprint density at radius 1 is 0.836 bits per heavy atom. The molecule has 0 aliphatic carbocycles. The minimum atomic E-state index is -5.92. The van der Waals surface area contributed by atoms with Crippen molar-refractivity contribution < 1.29 is 84.8 Å². The molecule has 0 aromatic carbocycles. The first-order chi connectivity index (χ1) is 25.6. The summed E-state index contributed by atoms with van der Waals surface area (Å²) in [5, 5.41) is 23.7. The van der Waals surface area contributed by atoms with E-state index in [0.717, 1.165) is 24.3 Å². The average molecular weight is 865 g/mol. The van der Waals surface area contributed by atoms with Crippen LogP contribution in [-0.2, 0) is 50.1 Å². The number of H-pyrrole nitrogens is 1. The number of phosphoric acid groups is 3. The van der Waals surface area contributed by atoms with Crippen molar-refractivity contribution in [1.82, 2.24) is 44.1 Å². The number of nitrogens with one attached hydrogen (secondary N) is 2. The van der Waals surface area contributed by atoms with Crippen LogP contribution in [0.25, 0.3) is 22.3 Å². The Kier molecular flexibility index (Phi) is 11.5. The predicted octanol–water partition coefficient (Wildman–Crippen LogP) is -2.93. The molecule has 5 unspecified atom stereocenters. The number of nitrogens with zero attached hydrogens (tertiary/aromatic N) is 7. The zero-order valence-electron chi connectivity index (χ0n) is 27.4. The highest BCUT2D eigenvalue weighted by Crippen LogP contribution is 2.66. The second-order valence-electron chi connectivity index (χ2n) is 11.5. The lowest BCUT2D eigenvalue weighted by Crippen LogP contribution is -2.45. The fourth-order valence-electron chi connectivity index (χ4n) is 5.67. The van der Waals surface area contributed by atoms with E-state index in [1.807, 2.05) is 0 Å². The fourth-order valence-corrected chi connectivity index (χ4v) is 9.81. The molecule has 0 radical (unpaired) electrons. The van der Waals surface area contributed by atoms with E-state index in [9.17, 15) is 47.9 Å². The first kappa shape index (κ1) is 41.5. The average Bonchev–Trinajstić information content (AvgIpc) is 3.82. The lowest BCUT2D eigenvalue weighted by atomic mass is 10.1. The van der Waals surface area contributed by atoms with Crippen LogP contribution in [-0.4, -0.2) is 131 Å². The van der Waals surface area contributed by atoms with Gasteiger partial charge in [0.2, 0.25) is 5.95 Å². The highest BCUT2D eigenvalue weighted by atomic mass is 31.3. The van der Waals surface area contributed by atoms with E-state index < -0.39 is 99.0 Å². The number of rotatable bonds is 15. The van der Waals surface area contributed by atoms with E-state index in [1.54, 1.807) is 0 Å². The van der Waals surface area contributed by atoms with Crippen LogP contribution in [0.5, 0.6) is 0 Å². The van der Waals surface area contributed by atoms with Crippen LogP contribution in [0.4, 0.5) is 11.8 Å². The number of aliphatic hydroxyl groups is 2. The third-order valence-corrected chi connectivity index (χ3v) is 12.8. The van der Waals surface area contributed by atoms with E-state index in [2.05, 4.69) is 43.6 Å². The summed E-state index contributed by atoms with van der Waals surface area (Å²) in [4.78, 5) is 82.5. The summed E-state index contributed by atoms with van der Waals surface area (Å²) < 4.78 is 85.8. The second-order valence-corrected chi connectivity index (χ2v) is 17.5. The molecule has 30 nitrogen and oxygen atoms in total. The molecule has 6 rings (SSSR count). The molecule has 11 atom stereocenters. The van der Waals surface area contributed by atoms with Crippen molar-refractivity contribution in [2.75, 3.05) is 31.8 Å². The molecule has 0 spiro atoms. The van der Waals surface area contributed by atoms with Crippen LogP contribution in [0.2, 0.25) is 0 Å². The second kappa shape index (κ2) is 15.3. The molecule has 4 aromatic rings.